The normalized spacial score (nSPS) is 51.2. The van der Waals surface area contributed by atoms with Crippen LogP contribution in [0, 0.1) is 0 Å². The fourth-order valence-electron chi connectivity index (χ4n) is 1.89. The molecule has 0 aromatic rings. The summed E-state index contributed by atoms with van der Waals surface area (Å²) in [5.41, 5.74) is 0. The van der Waals surface area contributed by atoms with Crippen LogP contribution in [0.1, 0.15) is 6.92 Å². The lowest BCUT2D eigenvalue weighted by Gasteiger charge is -2.45. The standard InChI is InChI=1S/C9H16O6/c1-4-13-3-5-8(14-4)6(10)7(11)9(12-2)15-5/h4-11H,3H2,1-2H3/t4-,5+,6+,7+,8-,9+/m0/s1/i6+1. The maximum Gasteiger partial charge on any atom is 0.186 e. The van der Waals surface area contributed by atoms with Crippen molar-refractivity contribution in [1.29, 1.82) is 0 Å². The number of rotatable bonds is 1. The van der Waals surface area contributed by atoms with Crippen LogP contribution in [0.4, 0.5) is 0 Å². The molecule has 2 aliphatic rings. The van der Waals surface area contributed by atoms with Crippen molar-refractivity contribution >= 4 is 0 Å². The molecule has 6 atom stereocenters. The van der Waals surface area contributed by atoms with Crippen LogP contribution in [0.3, 0.4) is 0 Å². The van der Waals surface area contributed by atoms with Crippen molar-refractivity contribution in [2.24, 2.45) is 0 Å². The maximum absolute atomic E-state index is 9.80. The summed E-state index contributed by atoms with van der Waals surface area (Å²) in [4.78, 5) is 0. The molecular formula is C9H16O6. The van der Waals surface area contributed by atoms with Crippen molar-refractivity contribution in [3.05, 3.63) is 0 Å². The highest BCUT2D eigenvalue weighted by atomic mass is 16.8. The Kier molecular flexibility index (Phi) is 3.24. The molecule has 0 aromatic carbocycles. The monoisotopic (exact) mass is 221 g/mol. The van der Waals surface area contributed by atoms with Crippen LogP contribution in [-0.4, -0.2) is 60.9 Å². The average Bonchev–Trinajstić information content (AvgIpc) is 2.24. The maximum atomic E-state index is 9.80. The topological polar surface area (TPSA) is 77.4 Å². The van der Waals surface area contributed by atoms with Gasteiger partial charge in [-0.05, 0) is 6.92 Å². The van der Waals surface area contributed by atoms with E-state index in [9.17, 15) is 10.2 Å². The third kappa shape index (κ3) is 2.01. The van der Waals surface area contributed by atoms with Crippen LogP contribution in [0.5, 0.6) is 0 Å². The predicted molar refractivity (Wildman–Crippen MR) is 48.0 cm³/mol. The van der Waals surface area contributed by atoms with E-state index in [1.807, 2.05) is 0 Å². The Morgan fingerprint density at radius 1 is 1.20 bits per heavy atom. The van der Waals surface area contributed by atoms with Crippen molar-refractivity contribution in [3.8, 4) is 0 Å². The Bertz CT molecular complexity index is 221. The number of ether oxygens (including phenoxy) is 4. The summed E-state index contributed by atoms with van der Waals surface area (Å²) < 4.78 is 20.9. The molecule has 2 aliphatic heterocycles. The number of hydrogen-bond donors (Lipinski definition) is 2. The Morgan fingerprint density at radius 3 is 2.60 bits per heavy atom. The summed E-state index contributed by atoms with van der Waals surface area (Å²) in [6.07, 6.45) is -4.29. The summed E-state index contributed by atoms with van der Waals surface area (Å²) in [6.45, 7) is 2.06. The molecule has 2 N–H and O–H groups in total. The molecule has 0 spiro atoms. The Hall–Kier alpha value is -0.240. The number of methoxy groups -OCH3 is 1. The minimum atomic E-state index is -1.10. The van der Waals surface area contributed by atoms with Crippen LogP contribution in [-0.2, 0) is 18.9 Å². The molecule has 0 aromatic heterocycles. The summed E-state index contributed by atoms with van der Waals surface area (Å²) >= 11 is 0. The number of aliphatic hydroxyl groups excluding tert-OH is 2. The molecule has 6 heteroatoms. The molecule has 15 heavy (non-hydrogen) atoms. The Balaban J connectivity index is 2.07. The summed E-state index contributed by atoms with van der Waals surface area (Å²) in [6, 6.07) is 0. The predicted octanol–water partition coefficient (Wildman–Crippen LogP) is -1.16. The van der Waals surface area contributed by atoms with E-state index in [1.165, 1.54) is 7.11 Å². The summed E-state index contributed by atoms with van der Waals surface area (Å²) in [7, 11) is 1.41. The molecule has 6 nitrogen and oxygen atoms in total. The van der Waals surface area contributed by atoms with Gasteiger partial charge < -0.3 is 29.2 Å². The first-order valence-corrected chi connectivity index (χ1v) is 4.95. The Morgan fingerprint density at radius 2 is 1.93 bits per heavy atom. The van der Waals surface area contributed by atoms with Crippen LogP contribution in [0.25, 0.3) is 0 Å². The van der Waals surface area contributed by atoms with Gasteiger partial charge in [-0.3, -0.25) is 0 Å². The fourth-order valence-corrected chi connectivity index (χ4v) is 1.89. The molecular weight excluding hydrogens is 205 g/mol. The second kappa shape index (κ2) is 4.32. The van der Waals surface area contributed by atoms with Crippen LogP contribution >= 0.6 is 0 Å². The zero-order chi connectivity index (χ0) is 11.0. The van der Waals surface area contributed by atoms with Crippen molar-refractivity contribution in [1.82, 2.24) is 0 Å². The van der Waals surface area contributed by atoms with Gasteiger partial charge in [-0.2, -0.15) is 0 Å². The third-order valence-electron chi connectivity index (χ3n) is 2.72. The van der Waals surface area contributed by atoms with Crippen LogP contribution in [0.2, 0.25) is 0 Å². The quantitative estimate of drug-likeness (QED) is 0.544. The highest BCUT2D eigenvalue weighted by Crippen LogP contribution is 2.28. The molecule has 2 saturated heterocycles. The zero-order valence-electron chi connectivity index (χ0n) is 8.70. The van der Waals surface area contributed by atoms with E-state index < -0.39 is 37.0 Å². The highest BCUT2D eigenvalue weighted by molar-refractivity contribution is 4.91. The lowest BCUT2D eigenvalue weighted by atomic mass is 10.1. The number of hydrogen-bond acceptors (Lipinski definition) is 6. The molecule has 2 heterocycles. The number of aliphatic hydroxyl groups is 2. The molecule has 0 amide bonds. The largest absolute Gasteiger partial charge is 0.387 e. The van der Waals surface area contributed by atoms with Crippen LogP contribution < -0.4 is 0 Å². The van der Waals surface area contributed by atoms with E-state index in [-0.39, 0.29) is 0 Å². The lowest BCUT2D eigenvalue weighted by Crippen LogP contribution is -2.62. The van der Waals surface area contributed by atoms with Gasteiger partial charge in [0.2, 0.25) is 0 Å². The van der Waals surface area contributed by atoms with Crippen LogP contribution in [0.15, 0.2) is 0 Å². The van der Waals surface area contributed by atoms with E-state index in [1.54, 1.807) is 6.92 Å². The SMILES string of the molecule is CO[C@@H]1O[C@@H]2CO[C@H](C)O[C@@H]2[13C@H](O)[C@H]1O. The molecule has 0 radical (unpaired) electrons. The average molecular weight is 221 g/mol. The van der Waals surface area contributed by atoms with Gasteiger partial charge in [-0.25, -0.2) is 0 Å². The zero-order valence-corrected chi connectivity index (χ0v) is 8.70. The molecule has 2 rings (SSSR count). The van der Waals surface area contributed by atoms with Gasteiger partial charge in [0.05, 0.1) is 6.61 Å². The molecule has 0 saturated carbocycles. The van der Waals surface area contributed by atoms with E-state index in [0.717, 1.165) is 0 Å². The Labute approximate surface area is 87.7 Å². The lowest BCUT2D eigenvalue weighted by molar-refractivity contribution is -0.352. The van der Waals surface area contributed by atoms with Gasteiger partial charge in [-0.15, -0.1) is 0 Å². The van der Waals surface area contributed by atoms with Gasteiger partial charge in [0.1, 0.15) is 24.4 Å². The van der Waals surface area contributed by atoms with E-state index in [2.05, 4.69) is 0 Å². The first-order chi connectivity index (χ1) is 7.13. The first-order valence-electron chi connectivity index (χ1n) is 4.95. The van der Waals surface area contributed by atoms with Gasteiger partial charge in [0.15, 0.2) is 12.6 Å². The van der Waals surface area contributed by atoms with E-state index in [0.29, 0.717) is 6.61 Å². The minimum absolute atomic E-state index is 0.329. The van der Waals surface area contributed by atoms with Gasteiger partial charge >= 0.3 is 0 Å². The molecule has 0 aliphatic carbocycles. The smallest absolute Gasteiger partial charge is 0.186 e. The van der Waals surface area contributed by atoms with Gasteiger partial charge in [-0.1, -0.05) is 0 Å². The third-order valence-corrected chi connectivity index (χ3v) is 2.72. The van der Waals surface area contributed by atoms with Crippen molar-refractivity contribution in [3.63, 3.8) is 0 Å². The van der Waals surface area contributed by atoms with Crippen molar-refractivity contribution in [2.75, 3.05) is 13.7 Å². The fraction of sp³-hybridized carbons (Fsp3) is 1.00. The van der Waals surface area contributed by atoms with E-state index in [4.69, 9.17) is 18.9 Å². The second-order valence-electron chi connectivity index (χ2n) is 3.76. The van der Waals surface area contributed by atoms with Gasteiger partial charge in [0.25, 0.3) is 0 Å². The molecule has 88 valence electrons. The van der Waals surface area contributed by atoms with E-state index >= 15 is 0 Å². The first kappa shape index (κ1) is 11.3. The van der Waals surface area contributed by atoms with Gasteiger partial charge in [0, 0.05) is 7.11 Å². The van der Waals surface area contributed by atoms with Crippen molar-refractivity contribution < 1.29 is 29.2 Å². The summed E-state index contributed by atoms with van der Waals surface area (Å²) in [5.74, 6) is 0. The highest BCUT2D eigenvalue weighted by Gasteiger charge is 2.48. The molecule has 2 fully saturated rings. The summed E-state index contributed by atoms with van der Waals surface area (Å²) in [5, 5.41) is 19.4. The second-order valence-corrected chi connectivity index (χ2v) is 3.76. The molecule has 0 bridgehead atoms. The minimum Gasteiger partial charge on any atom is -0.387 e. The number of fused-ring (bicyclic) bond motifs is 1. The van der Waals surface area contributed by atoms with Crippen molar-refractivity contribution in [2.45, 2.75) is 43.9 Å². The molecule has 0 unspecified atom stereocenters.